The highest BCUT2D eigenvalue weighted by molar-refractivity contribution is 7.13. The van der Waals surface area contributed by atoms with Gasteiger partial charge in [0.1, 0.15) is 0 Å². The molecular weight excluding hydrogens is 358 g/mol. The van der Waals surface area contributed by atoms with Crippen LogP contribution in [0.25, 0.3) is 0 Å². The molecule has 3 aromatic rings. The monoisotopic (exact) mass is 379 g/mol. The van der Waals surface area contributed by atoms with Gasteiger partial charge in [-0.15, -0.1) is 11.3 Å². The molecule has 0 fully saturated rings. The molecule has 138 valence electrons. The lowest BCUT2D eigenvalue weighted by Gasteiger charge is -2.07. The van der Waals surface area contributed by atoms with E-state index in [1.807, 2.05) is 54.8 Å². The van der Waals surface area contributed by atoms with E-state index in [1.54, 1.807) is 12.1 Å². The van der Waals surface area contributed by atoms with Gasteiger partial charge in [0.15, 0.2) is 5.13 Å². The molecule has 6 heteroatoms. The summed E-state index contributed by atoms with van der Waals surface area (Å²) in [5, 5.41) is 8.17. The van der Waals surface area contributed by atoms with E-state index >= 15 is 0 Å². The van der Waals surface area contributed by atoms with Crippen LogP contribution < -0.4 is 10.6 Å². The molecule has 1 heterocycles. The second kappa shape index (κ2) is 9.09. The normalized spacial score (nSPS) is 10.4. The van der Waals surface area contributed by atoms with E-state index in [1.165, 1.54) is 11.3 Å². The lowest BCUT2D eigenvalue weighted by Crippen LogP contribution is -2.23. The molecule has 1 aromatic heterocycles. The topological polar surface area (TPSA) is 71.1 Å². The molecular formula is C21H21N3O2S. The molecule has 0 atom stereocenters. The van der Waals surface area contributed by atoms with Crippen LogP contribution in [-0.2, 0) is 17.8 Å². The van der Waals surface area contributed by atoms with Crippen molar-refractivity contribution in [2.24, 2.45) is 0 Å². The molecule has 0 radical (unpaired) electrons. The predicted octanol–water partition coefficient (Wildman–Crippen LogP) is 3.95. The van der Waals surface area contributed by atoms with Gasteiger partial charge < -0.3 is 5.32 Å². The van der Waals surface area contributed by atoms with Gasteiger partial charge in [0.05, 0.1) is 5.69 Å². The largest absolute Gasteiger partial charge is 0.352 e. The molecule has 0 saturated carbocycles. The van der Waals surface area contributed by atoms with Crippen LogP contribution in [0.5, 0.6) is 0 Å². The summed E-state index contributed by atoms with van der Waals surface area (Å²) in [5.41, 5.74) is 3.54. The first kappa shape index (κ1) is 18.8. The first-order valence-corrected chi connectivity index (χ1v) is 9.61. The molecule has 2 N–H and O–H groups in total. The van der Waals surface area contributed by atoms with Crippen molar-refractivity contribution in [1.29, 1.82) is 0 Å². The van der Waals surface area contributed by atoms with Crippen LogP contribution in [0.4, 0.5) is 5.13 Å². The van der Waals surface area contributed by atoms with Crippen LogP contribution >= 0.6 is 11.3 Å². The number of aryl methyl sites for hydroxylation is 2. The minimum Gasteiger partial charge on any atom is -0.352 e. The number of rotatable bonds is 7. The Morgan fingerprint density at radius 2 is 1.74 bits per heavy atom. The zero-order valence-electron chi connectivity index (χ0n) is 15.1. The molecule has 0 aliphatic heterocycles. The summed E-state index contributed by atoms with van der Waals surface area (Å²) in [4.78, 5) is 28.4. The fourth-order valence-corrected chi connectivity index (χ4v) is 3.23. The maximum Gasteiger partial charge on any atom is 0.257 e. The fraction of sp³-hybridized carbons (Fsp3) is 0.190. The van der Waals surface area contributed by atoms with E-state index in [0.717, 1.165) is 23.2 Å². The lowest BCUT2D eigenvalue weighted by atomic mass is 10.1. The summed E-state index contributed by atoms with van der Waals surface area (Å²) in [6.45, 7) is 2.33. The third-order valence-electron chi connectivity index (χ3n) is 4.03. The minimum absolute atomic E-state index is 0.0137. The van der Waals surface area contributed by atoms with Crippen molar-refractivity contribution in [1.82, 2.24) is 10.3 Å². The fourth-order valence-electron chi connectivity index (χ4n) is 2.55. The van der Waals surface area contributed by atoms with Crippen molar-refractivity contribution in [3.05, 3.63) is 82.4 Å². The number of hydrogen-bond acceptors (Lipinski definition) is 4. The average molecular weight is 379 g/mol. The second-order valence-corrected chi connectivity index (χ2v) is 7.07. The third-order valence-corrected chi connectivity index (χ3v) is 4.90. The van der Waals surface area contributed by atoms with Crippen LogP contribution in [0.2, 0.25) is 0 Å². The van der Waals surface area contributed by atoms with Crippen molar-refractivity contribution in [3.8, 4) is 0 Å². The molecule has 0 spiro atoms. The predicted molar refractivity (Wildman–Crippen MR) is 108 cm³/mol. The molecule has 0 aliphatic carbocycles. The number of thiazole rings is 1. The Labute approximate surface area is 162 Å². The van der Waals surface area contributed by atoms with E-state index < -0.39 is 0 Å². The summed E-state index contributed by atoms with van der Waals surface area (Å²) >= 11 is 1.40. The smallest absolute Gasteiger partial charge is 0.257 e. The molecule has 2 amide bonds. The Hall–Kier alpha value is -2.99. The lowest BCUT2D eigenvalue weighted by molar-refractivity contribution is -0.121. The first-order valence-electron chi connectivity index (χ1n) is 8.73. The number of amides is 2. The van der Waals surface area contributed by atoms with Crippen molar-refractivity contribution in [2.75, 3.05) is 5.32 Å². The number of anilines is 1. The van der Waals surface area contributed by atoms with Gasteiger partial charge in [0, 0.05) is 23.9 Å². The quantitative estimate of drug-likeness (QED) is 0.653. The maximum atomic E-state index is 12.2. The summed E-state index contributed by atoms with van der Waals surface area (Å²) in [7, 11) is 0. The van der Waals surface area contributed by atoms with Crippen LogP contribution in [-0.4, -0.2) is 16.8 Å². The summed E-state index contributed by atoms with van der Waals surface area (Å²) in [5.74, 6) is -0.178. The Balaban J connectivity index is 1.45. The third kappa shape index (κ3) is 5.76. The average Bonchev–Trinajstić information content (AvgIpc) is 3.10. The zero-order valence-corrected chi connectivity index (χ0v) is 15.9. The summed E-state index contributed by atoms with van der Waals surface area (Å²) in [6, 6.07) is 17.1. The standard InChI is InChI=1S/C21H21N3O2S/c1-15-14-27-21(23-15)24-20(26)18-10-7-17(8-11-18)13-22-19(25)12-9-16-5-3-2-4-6-16/h2-8,10-11,14H,9,12-13H2,1H3,(H,22,25)(H,23,24,26). The minimum atomic E-state index is -0.192. The van der Waals surface area contributed by atoms with Gasteiger partial charge in [-0.3, -0.25) is 14.9 Å². The van der Waals surface area contributed by atoms with E-state index in [2.05, 4.69) is 15.6 Å². The van der Waals surface area contributed by atoms with Gasteiger partial charge in [-0.05, 0) is 36.6 Å². The Morgan fingerprint density at radius 3 is 2.41 bits per heavy atom. The van der Waals surface area contributed by atoms with Gasteiger partial charge >= 0.3 is 0 Å². The van der Waals surface area contributed by atoms with Gasteiger partial charge in [-0.25, -0.2) is 4.98 Å². The van der Waals surface area contributed by atoms with Gasteiger partial charge in [-0.2, -0.15) is 0 Å². The summed E-state index contributed by atoms with van der Waals surface area (Å²) in [6.07, 6.45) is 1.18. The van der Waals surface area contributed by atoms with Crippen LogP contribution in [0, 0.1) is 6.92 Å². The molecule has 0 bridgehead atoms. The summed E-state index contributed by atoms with van der Waals surface area (Å²) < 4.78 is 0. The number of nitrogens with zero attached hydrogens (tertiary/aromatic N) is 1. The number of carbonyl (C=O) groups is 2. The molecule has 5 nitrogen and oxygen atoms in total. The number of hydrogen-bond donors (Lipinski definition) is 2. The van der Waals surface area contributed by atoms with Gasteiger partial charge in [-0.1, -0.05) is 42.5 Å². The molecule has 0 aliphatic rings. The van der Waals surface area contributed by atoms with Crippen molar-refractivity contribution in [3.63, 3.8) is 0 Å². The zero-order chi connectivity index (χ0) is 19.1. The van der Waals surface area contributed by atoms with Crippen molar-refractivity contribution < 1.29 is 9.59 Å². The number of nitrogens with one attached hydrogen (secondary N) is 2. The highest BCUT2D eigenvalue weighted by Crippen LogP contribution is 2.16. The Kier molecular flexibility index (Phi) is 6.33. The Bertz CT molecular complexity index is 905. The number of carbonyl (C=O) groups excluding carboxylic acids is 2. The number of aromatic nitrogens is 1. The van der Waals surface area contributed by atoms with E-state index in [0.29, 0.717) is 23.7 Å². The maximum absolute atomic E-state index is 12.2. The van der Waals surface area contributed by atoms with Crippen LogP contribution in [0.15, 0.2) is 60.0 Å². The Morgan fingerprint density at radius 1 is 1.00 bits per heavy atom. The van der Waals surface area contributed by atoms with Gasteiger partial charge in [0.25, 0.3) is 5.91 Å². The SMILES string of the molecule is Cc1csc(NC(=O)c2ccc(CNC(=O)CCc3ccccc3)cc2)n1. The van der Waals surface area contributed by atoms with E-state index in [4.69, 9.17) is 0 Å². The van der Waals surface area contributed by atoms with E-state index in [-0.39, 0.29) is 11.8 Å². The van der Waals surface area contributed by atoms with Gasteiger partial charge in [0.2, 0.25) is 5.91 Å². The molecule has 2 aromatic carbocycles. The highest BCUT2D eigenvalue weighted by atomic mass is 32.1. The molecule has 3 rings (SSSR count). The molecule has 0 unspecified atom stereocenters. The second-order valence-electron chi connectivity index (χ2n) is 6.21. The van der Waals surface area contributed by atoms with Crippen molar-refractivity contribution in [2.45, 2.75) is 26.3 Å². The number of benzene rings is 2. The van der Waals surface area contributed by atoms with E-state index in [9.17, 15) is 9.59 Å². The van der Waals surface area contributed by atoms with Crippen molar-refractivity contribution >= 4 is 28.3 Å². The van der Waals surface area contributed by atoms with Crippen LogP contribution in [0.1, 0.15) is 33.6 Å². The highest BCUT2D eigenvalue weighted by Gasteiger charge is 2.08. The first-order chi connectivity index (χ1) is 13.1. The molecule has 0 saturated heterocycles. The van der Waals surface area contributed by atoms with Crippen LogP contribution in [0.3, 0.4) is 0 Å². The molecule has 27 heavy (non-hydrogen) atoms.